The van der Waals surface area contributed by atoms with Crippen molar-refractivity contribution in [3.05, 3.63) is 47.2 Å². The second-order valence-electron chi connectivity index (χ2n) is 4.47. The maximum Gasteiger partial charge on any atom is 0.336 e. The third-order valence-corrected chi connectivity index (χ3v) is 3.31. The number of hydrogen-bond donors (Lipinski definition) is 2. The number of carbonyl (C=O) groups is 2. The van der Waals surface area contributed by atoms with E-state index in [0.717, 1.165) is 16.5 Å². The molecule has 5 nitrogen and oxygen atoms in total. The smallest absolute Gasteiger partial charge is 0.336 e. The Balaban J connectivity index is 2.73. The molecule has 0 bridgehead atoms. The second kappa shape index (κ2) is 6.09. The number of carboxylic acid groups (broad SMARTS) is 1. The van der Waals surface area contributed by atoms with E-state index in [1.165, 1.54) is 6.20 Å². The highest BCUT2D eigenvalue weighted by Gasteiger charge is 2.13. The van der Waals surface area contributed by atoms with E-state index in [9.17, 15) is 14.7 Å². The van der Waals surface area contributed by atoms with Crippen LogP contribution < -0.4 is 10.1 Å². The Kier molecular flexibility index (Phi) is 4.23. The van der Waals surface area contributed by atoms with Crippen molar-refractivity contribution >= 4 is 29.2 Å². The summed E-state index contributed by atoms with van der Waals surface area (Å²) in [5.41, 5.74) is 1.85. The van der Waals surface area contributed by atoms with Gasteiger partial charge >= 0.3 is 5.97 Å². The molecule has 2 aromatic rings. The van der Waals surface area contributed by atoms with Gasteiger partial charge in [0.2, 0.25) is 6.41 Å². The molecule has 1 amide bonds. The molecule has 0 aliphatic heterocycles. The minimum Gasteiger partial charge on any atom is -0.497 e. The summed E-state index contributed by atoms with van der Waals surface area (Å²) in [5.74, 6) is -0.336. The summed E-state index contributed by atoms with van der Waals surface area (Å²) in [4.78, 5) is 21.7. The van der Waals surface area contributed by atoms with Crippen molar-refractivity contribution < 1.29 is 19.4 Å². The summed E-state index contributed by atoms with van der Waals surface area (Å²) in [6.45, 7) is 1.90. The molecule has 0 saturated carbocycles. The van der Waals surface area contributed by atoms with Crippen LogP contribution in [0.5, 0.6) is 5.75 Å². The van der Waals surface area contributed by atoms with Gasteiger partial charge in [-0.3, -0.25) is 4.79 Å². The molecule has 0 heterocycles. The number of benzene rings is 2. The van der Waals surface area contributed by atoms with Gasteiger partial charge in [0.15, 0.2) is 0 Å². The number of nitrogens with one attached hydrogen (secondary N) is 1. The van der Waals surface area contributed by atoms with Crippen molar-refractivity contribution in [2.24, 2.45) is 0 Å². The standard InChI is InChI=1S/C16H15NO4/c1-10-11(5-6-17-9-18)7-15(16(19)20)13-4-3-12(21-2)8-14(10)13/h3-9H,1-2H3,(H,17,18)(H,19,20)/b6-5-. The number of rotatable bonds is 5. The molecule has 0 radical (unpaired) electrons. The topological polar surface area (TPSA) is 75.6 Å². The van der Waals surface area contributed by atoms with E-state index in [-0.39, 0.29) is 5.56 Å². The zero-order valence-electron chi connectivity index (χ0n) is 11.7. The van der Waals surface area contributed by atoms with Crippen molar-refractivity contribution in [2.75, 3.05) is 7.11 Å². The van der Waals surface area contributed by atoms with E-state index in [0.29, 0.717) is 17.5 Å². The Hall–Kier alpha value is -2.82. The molecule has 5 heteroatoms. The predicted molar refractivity (Wildman–Crippen MR) is 80.4 cm³/mol. The molecule has 108 valence electrons. The van der Waals surface area contributed by atoms with E-state index >= 15 is 0 Å². The highest BCUT2D eigenvalue weighted by Crippen LogP contribution is 2.30. The second-order valence-corrected chi connectivity index (χ2v) is 4.47. The Morgan fingerprint density at radius 3 is 2.67 bits per heavy atom. The summed E-state index contributed by atoms with van der Waals surface area (Å²) in [5, 5.41) is 13.2. The normalized spacial score (nSPS) is 10.8. The highest BCUT2D eigenvalue weighted by molar-refractivity contribution is 6.06. The first kappa shape index (κ1) is 14.6. The third-order valence-electron chi connectivity index (χ3n) is 3.31. The van der Waals surface area contributed by atoms with Crippen molar-refractivity contribution in [3.63, 3.8) is 0 Å². The van der Waals surface area contributed by atoms with Crippen LogP contribution in [-0.4, -0.2) is 24.6 Å². The number of ether oxygens (including phenoxy) is 1. The summed E-state index contributed by atoms with van der Waals surface area (Å²) < 4.78 is 5.19. The van der Waals surface area contributed by atoms with Gasteiger partial charge in [0, 0.05) is 6.20 Å². The summed E-state index contributed by atoms with van der Waals surface area (Å²) >= 11 is 0. The van der Waals surface area contributed by atoms with Crippen molar-refractivity contribution in [1.29, 1.82) is 0 Å². The van der Waals surface area contributed by atoms with Crippen LogP contribution in [0.1, 0.15) is 21.5 Å². The average Bonchev–Trinajstić information content (AvgIpc) is 2.49. The number of carbonyl (C=O) groups excluding carboxylic acids is 1. The van der Waals surface area contributed by atoms with Crippen LogP contribution in [0, 0.1) is 6.92 Å². The molecule has 0 aliphatic carbocycles. The van der Waals surface area contributed by atoms with Crippen molar-refractivity contribution in [2.45, 2.75) is 6.92 Å². The summed E-state index contributed by atoms with van der Waals surface area (Å²) in [6, 6.07) is 6.87. The van der Waals surface area contributed by atoms with Crippen LogP contribution in [0.2, 0.25) is 0 Å². The molecule has 0 spiro atoms. The molecule has 2 aromatic carbocycles. The fourth-order valence-corrected chi connectivity index (χ4v) is 2.22. The molecule has 0 unspecified atom stereocenters. The predicted octanol–water partition coefficient (Wildman–Crippen LogP) is 2.57. The lowest BCUT2D eigenvalue weighted by Gasteiger charge is -2.11. The van der Waals surface area contributed by atoms with Gasteiger partial charge in [-0.05, 0) is 59.2 Å². The van der Waals surface area contributed by atoms with E-state index in [1.807, 2.05) is 13.0 Å². The average molecular weight is 285 g/mol. The molecule has 0 aliphatic rings. The van der Waals surface area contributed by atoms with E-state index in [4.69, 9.17) is 4.74 Å². The van der Waals surface area contributed by atoms with Crippen LogP contribution in [0.25, 0.3) is 16.8 Å². The fourth-order valence-electron chi connectivity index (χ4n) is 2.22. The number of hydrogen-bond acceptors (Lipinski definition) is 3. The first-order valence-corrected chi connectivity index (χ1v) is 6.29. The number of methoxy groups -OCH3 is 1. The maximum absolute atomic E-state index is 11.4. The lowest BCUT2D eigenvalue weighted by molar-refractivity contribution is -0.108. The van der Waals surface area contributed by atoms with Crippen molar-refractivity contribution in [3.8, 4) is 5.75 Å². The third kappa shape index (κ3) is 2.86. The minimum absolute atomic E-state index is 0.212. The van der Waals surface area contributed by atoms with Crippen molar-refractivity contribution in [1.82, 2.24) is 5.32 Å². The van der Waals surface area contributed by atoms with Gasteiger partial charge in [0.25, 0.3) is 0 Å². The number of fused-ring (bicyclic) bond motifs is 1. The van der Waals surface area contributed by atoms with Gasteiger partial charge in [-0.15, -0.1) is 0 Å². The number of amides is 1. The molecule has 2 rings (SSSR count). The van der Waals surface area contributed by atoms with Gasteiger partial charge < -0.3 is 15.2 Å². The summed E-state index contributed by atoms with van der Waals surface area (Å²) in [6.07, 6.45) is 3.68. The van der Waals surface area contributed by atoms with E-state index < -0.39 is 5.97 Å². The van der Waals surface area contributed by atoms with E-state index in [2.05, 4.69) is 5.32 Å². The number of aromatic carboxylic acids is 1. The highest BCUT2D eigenvalue weighted by atomic mass is 16.5. The van der Waals surface area contributed by atoms with E-state index in [1.54, 1.807) is 31.4 Å². The van der Waals surface area contributed by atoms with Crippen LogP contribution in [0.4, 0.5) is 0 Å². The number of aryl methyl sites for hydroxylation is 1. The Labute approximate surface area is 121 Å². The number of carboxylic acids is 1. The van der Waals surface area contributed by atoms with Crippen LogP contribution in [0.15, 0.2) is 30.5 Å². The molecular weight excluding hydrogens is 270 g/mol. The Bertz CT molecular complexity index is 735. The molecule has 0 saturated heterocycles. The molecular formula is C16H15NO4. The quantitative estimate of drug-likeness (QED) is 0.828. The van der Waals surface area contributed by atoms with Gasteiger partial charge in [-0.2, -0.15) is 0 Å². The Morgan fingerprint density at radius 1 is 1.29 bits per heavy atom. The first-order chi connectivity index (χ1) is 10.1. The zero-order valence-corrected chi connectivity index (χ0v) is 11.7. The lowest BCUT2D eigenvalue weighted by Crippen LogP contribution is -2.02. The van der Waals surface area contributed by atoms with Crippen LogP contribution in [0.3, 0.4) is 0 Å². The summed E-state index contributed by atoms with van der Waals surface area (Å²) in [7, 11) is 1.56. The Morgan fingerprint density at radius 2 is 2.05 bits per heavy atom. The maximum atomic E-state index is 11.4. The first-order valence-electron chi connectivity index (χ1n) is 6.29. The van der Waals surface area contributed by atoms with Crippen LogP contribution in [-0.2, 0) is 4.79 Å². The lowest BCUT2D eigenvalue weighted by atomic mass is 9.95. The molecule has 0 aromatic heterocycles. The van der Waals surface area contributed by atoms with Gasteiger partial charge in [-0.25, -0.2) is 4.79 Å². The molecule has 0 fully saturated rings. The monoisotopic (exact) mass is 285 g/mol. The van der Waals surface area contributed by atoms with Gasteiger partial charge in [-0.1, -0.05) is 0 Å². The van der Waals surface area contributed by atoms with Gasteiger partial charge in [0.05, 0.1) is 12.7 Å². The molecule has 2 N–H and O–H groups in total. The minimum atomic E-state index is -0.997. The largest absolute Gasteiger partial charge is 0.497 e. The SMILES string of the molecule is COc1ccc2c(C(=O)O)cc(/C=C\NC=O)c(C)c2c1. The molecule has 21 heavy (non-hydrogen) atoms. The van der Waals surface area contributed by atoms with Crippen LogP contribution >= 0.6 is 0 Å². The fraction of sp³-hybridized carbons (Fsp3) is 0.125. The van der Waals surface area contributed by atoms with Gasteiger partial charge in [0.1, 0.15) is 5.75 Å². The zero-order chi connectivity index (χ0) is 15.4. The molecule has 0 atom stereocenters.